The normalized spacial score (nSPS) is 11.8. The number of H-pyrrole nitrogens is 1. The quantitative estimate of drug-likeness (QED) is 0.382. The number of hydrogen-bond donors (Lipinski definition) is 2. The zero-order valence-electron chi connectivity index (χ0n) is 16.1. The third kappa shape index (κ3) is 7.05. The van der Waals surface area contributed by atoms with Crippen LogP contribution in [0.2, 0.25) is 0 Å². The minimum Gasteiger partial charge on any atom is -0.478 e. The first-order chi connectivity index (χ1) is 14.4. The van der Waals surface area contributed by atoms with Crippen LogP contribution in [0.25, 0.3) is 10.9 Å². The lowest BCUT2D eigenvalue weighted by Crippen LogP contribution is -2.06. The summed E-state index contributed by atoms with van der Waals surface area (Å²) in [6.07, 6.45) is 6.96. The van der Waals surface area contributed by atoms with Crippen molar-refractivity contribution in [2.45, 2.75) is 6.92 Å². The maximum atomic E-state index is 10.6. The summed E-state index contributed by atoms with van der Waals surface area (Å²) in [4.78, 5) is 44.9. The Bertz CT molecular complexity index is 1060. The van der Waals surface area contributed by atoms with Crippen molar-refractivity contribution in [3.8, 4) is 5.75 Å². The van der Waals surface area contributed by atoms with Crippen LogP contribution in [0.3, 0.4) is 0 Å². The van der Waals surface area contributed by atoms with Gasteiger partial charge in [0, 0.05) is 18.6 Å². The van der Waals surface area contributed by atoms with Crippen LogP contribution in [0, 0.1) is 0 Å². The number of benzene rings is 2. The molecule has 0 fully saturated rings. The van der Waals surface area contributed by atoms with Crippen molar-refractivity contribution >= 4 is 34.4 Å². The number of carboxylic acid groups (broad SMARTS) is 1. The van der Waals surface area contributed by atoms with Crippen molar-refractivity contribution < 1.29 is 29.0 Å². The number of hydrogen-bond acceptors (Lipinski definition) is 5. The number of allylic oxidation sites excluding steroid dienone is 4. The van der Waals surface area contributed by atoms with Crippen molar-refractivity contribution in [1.29, 1.82) is 0 Å². The Balaban J connectivity index is 0.000000166. The second-order valence-corrected chi connectivity index (χ2v) is 5.93. The van der Waals surface area contributed by atoms with Gasteiger partial charge in [0.25, 0.3) is 0 Å². The highest BCUT2D eigenvalue weighted by molar-refractivity contribution is 6.14. The van der Waals surface area contributed by atoms with Crippen LogP contribution in [-0.4, -0.2) is 33.6 Å². The van der Waals surface area contributed by atoms with Crippen molar-refractivity contribution in [3.63, 3.8) is 0 Å². The molecule has 0 saturated carbocycles. The van der Waals surface area contributed by atoms with Crippen molar-refractivity contribution in [3.05, 3.63) is 90.7 Å². The Morgan fingerprint density at radius 1 is 0.833 bits per heavy atom. The molecule has 1 heterocycles. The van der Waals surface area contributed by atoms with E-state index in [2.05, 4.69) is 27.9 Å². The van der Waals surface area contributed by atoms with Gasteiger partial charge in [-0.05, 0) is 54.0 Å². The van der Waals surface area contributed by atoms with E-state index in [1.165, 1.54) is 54.3 Å². The molecule has 1 aliphatic carbocycles. The van der Waals surface area contributed by atoms with Crippen LogP contribution in [0.1, 0.15) is 17.3 Å². The van der Waals surface area contributed by atoms with Gasteiger partial charge in [0.15, 0.2) is 11.6 Å². The monoisotopic (exact) mass is 405 g/mol. The second kappa shape index (κ2) is 10.9. The third-order valence-corrected chi connectivity index (χ3v) is 3.66. The molecule has 4 rings (SSSR count). The molecular formula is C23H19NO6. The number of ketones is 2. The number of carbonyl (C=O) groups excluding carboxylic acids is 3. The van der Waals surface area contributed by atoms with Crippen molar-refractivity contribution in [2.75, 3.05) is 0 Å². The number of aromatic nitrogens is 1. The predicted octanol–water partition coefficient (Wildman–Crippen LogP) is 3.73. The minimum absolute atomic E-state index is 0.0160. The van der Waals surface area contributed by atoms with Gasteiger partial charge in [-0.2, -0.15) is 0 Å². The number of aromatic carboxylic acids is 1. The van der Waals surface area contributed by atoms with Gasteiger partial charge in [-0.1, -0.05) is 30.3 Å². The highest BCUT2D eigenvalue weighted by Gasteiger charge is 2.11. The molecule has 7 nitrogen and oxygen atoms in total. The maximum absolute atomic E-state index is 10.6. The third-order valence-electron chi connectivity index (χ3n) is 3.66. The van der Waals surface area contributed by atoms with Gasteiger partial charge in [-0.3, -0.25) is 14.4 Å². The molecule has 2 N–H and O–H groups in total. The summed E-state index contributed by atoms with van der Waals surface area (Å²) in [6.45, 7) is 1.22. The average Bonchev–Trinajstić information content (AvgIpc) is 3.20. The molecule has 0 bridgehead atoms. The fourth-order valence-electron chi connectivity index (χ4n) is 2.32. The fourth-order valence-corrected chi connectivity index (χ4v) is 2.32. The molecule has 1 aromatic heterocycles. The smallest absolute Gasteiger partial charge is 0.339 e. The van der Waals surface area contributed by atoms with E-state index in [1.54, 1.807) is 12.1 Å². The molecule has 0 unspecified atom stereocenters. The highest BCUT2D eigenvalue weighted by Crippen LogP contribution is 2.17. The summed E-state index contributed by atoms with van der Waals surface area (Å²) < 4.78 is 4.69. The summed E-state index contributed by atoms with van der Waals surface area (Å²) >= 11 is 0. The van der Waals surface area contributed by atoms with E-state index in [-0.39, 0.29) is 22.9 Å². The minimum atomic E-state index is -1.11. The van der Waals surface area contributed by atoms with E-state index in [1.807, 2.05) is 18.3 Å². The first-order valence-corrected chi connectivity index (χ1v) is 8.84. The standard InChI is InChI=1S/C9H8O4.C8H7N.C6H4O2/c1-6(10)13-8-5-3-2-4-7(8)9(11)12;1-2-4-8-7(3-1)5-6-9-8;7-5-1-2-6(8)4-3-5/h2-5H,1H3,(H,11,12);1-6,9H;1-4H. The van der Waals surface area contributed by atoms with Crippen molar-refractivity contribution in [1.82, 2.24) is 4.98 Å². The van der Waals surface area contributed by atoms with Crippen LogP contribution in [0.4, 0.5) is 0 Å². The van der Waals surface area contributed by atoms with E-state index < -0.39 is 11.9 Å². The number of esters is 1. The van der Waals surface area contributed by atoms with Gasteiger partial charge in [0.05, 0.1) is 0 Å². The number of ether oxygens (including phenoxy) is 1. The molecule has 0 aliphatic heterocycles. The molecule has 3 aromatic rings. The number of carbonyl (C=O) groups is 4. The first kappa shape index (κ1) is 22.0. The number of rotatable bonds is 2. The molecule has 0 radical (unpaired) electrons. The average molecular weight is 405 g/mol. The van der Waals surface area contributed by atoms with E-state index in [0.717, 1.165) is 0 Å². The fraction of sp³-hybridized carbons (Fsp3) is 0.0435. The summed E-state index contributed by atoms with van der Waals surface area (Å²) in [6, 6.07) is 16.3. The summed E-state index contributed by atoms with van der Waals surface area (Å²) in [5.41, 5.74) is 1.19. The Hall–Kier alpha value is -4.26. The lowest BCUT2D eigenvalue weighted by Gasteiger charge is -2.03. The van der Waals surface area contributed by atoms with Gasteiger partial charge < -0.3 is 14.8 Å². The van der Waals surface area contributed by atoms with Crippen molar-refractivity contribution in [2.24, 2.45) is 0 Å². The van der Waals surface area contributed by atoms with Gasteiger partial charge in [0.2, 0.25) is 0 Å². The lowest BCUT2D eigenvalue weighted by atomic mass is 10.2. The summed E-state index contributed by atoms with van der Waals surface area (Å²) in [5, 5.41) is 9.96. The van der Waals surface area contributed by atoms with Crippen LogP contribution in [0.5, 0.6) is 5.75 Å². The molecule has 2 aromatic carbocycles. The molecule has 0 spiro atoms. The SMILES string of the molecule is CC(=O)Oc1ccccc1C(=O)O.O=C1C=CC(=O)C=C1.c1ccc2[nH]ccc2c1. The Kier molecular flexibility index (Phi) is 8.02. The molecule has 0 saturated heterocycles. The van der Waals surface area contributed by atoms with E-state index >= 15 is 0 Å². The highest BCUT2D eigenvalue weighted by atomic mass is 16.5. The van der Waals surface area contributed by atoms with Gasteiger partial charge in [-0.15, -0.1) is 0 Å². The molecular weight excluding hydrogens is 386 g/mol. The zero-order valence-corrected chi connectivity index (χ0v) is 16.1. The van der Waals surface area contributed by atoms with E-state index in [0.29, 0.717) is 0 Å². The first-order valence-electron chi connectivity index (χ1n) is 8.84. The molecule has 152 valence electrons. The molecule has 0 amide bonds. The molecule has 0 atom stereocenters. The number of para-hydroxylation sites is 2. The number of carboxylic acids is 1. The number of fused-ring (bicyclic) bond motifs is 1. The molecule has 1 aliphatic rings. The van der Waals surface area contributed by atoms with Crippen LogP contribution < -0.4 is 4.74 Å². The van der Waals surface area contributed by atoms with E-state index in [4.69, 9.17) is 5.11 Å². The van der Waals surface area contributed by atoms with Crippen LogP contribution >= 0.6 is 0 Å². The predicted molar refractivity (Wildman–Crippen MR) is 111 cm³/mol. The van der Waals surface area contributed by atoms with Gasteiger partial charge in [-0.25, -0.2) is 4.79 Å². The van der Waals surface area contributed by atoms with Crippen LogP contribution in [-0.2, 0) is 14.4 Å². The number of nitrogens with one attached hydrogen (secondary N) is 1. The Morgan fingerprint density at radius 3 is 1.97 bits per heavy atom. The maximum Gasteiger partial charge on any atom is 0.339 e. The largest absolute Gasteiger partial charge is 0.478 e. The lowest BCUT2D eigenvalue weighted by molar-refractivity contribution is -0.131. The summed E-state index contributed by atoms with van der Waals surface area (Å²) in [5.74, 6) is -1.82. The Labute approximate surface area is 172 Å². The van der Waals surface area contributed by atoms with Gasteiger partial charge in [0.1, 0.15) is 11.3 Å². The molecule has 7 heteroatoms. The van der Waals surface area contributed by atoms with Gasteiger partial charge >= 0.3 is 11.9 Å². The summed E-state index contributed by atoms with van der Waals surface area (Å²) in [7, 11) is 0. The topological polar surface area (TPSA) is 114 Å². The van der Waals surface area contributed by atoms with E-state index in [9.17, 15) is 19.2 Å². The Morgan fingerprint density at radius 2 is 1.40 bits per heavy atom. The van der Waals surface area contributed by atoms with Crippen LogP contribution in [0.15, 0.2) is 85.1 Å². The zero-order chi connectivity index (χ0) is 21.9. The molecule has 30 heavy (non-hydrogen) atoms. The second-order valence-electron chi connectivity index (χ2n) is 5.93. The number of aromatic amines is 1.